The van der Waals surface area contributed by atoms with Gasteiger partial charge in [-0.05, 0) is 45.2 Å². The van der Waals surface area contributed by atoms with Crippen molar-refractivity contribution >= 4 is 18.3 Å². The third kappa shape index (κ3) is 4.84. The van der Waals surface area contributed by atoms with E-state index in [0.717, 1.165) is 51.2 Å². The van der Waals surface area contributed by atoms with Gasteiger partial charge in [-0.2, -0.15) is 0 Å². The van der Waals surface area contributed by atoms with Gasteiger partial charge in [0.1, 0.15) is 0 Å². The Hall–Kier alpha value is -0.280. The molecule has 1 amide bonds. The molecule has 0 atom stereocenters. The van der Waals surface area contributed by atoms with Gasteiger partial charge in [0.2, 0.25) is 5.91 Å². The summed E-state index contributed by atoms with van der Waals surface area (Å²) in [5.74, 6) is 1.39. The second-order valence-electron chi connectivity index (χ2n) is 4.84. The van der Waals surface area contributed by atoms with Crippen LogP contribution in [-0.4, -0.2) is 37.5 Å². The van der Waals surface area contributed by atoms with E-state index in [1.165, 1.54) is 0 Å². The van der Waals surface area contributed by atoms with Crippen molar-refractivity contribution in [2.24, 2.45) is 11.8 Å². The average Bonchev–Trinajstić information content (AvgIpc) is 2.32. The Labute approximate surface area is 112 Å². The number of rotatable bonds is 5. The molecule has 102 valence electrons. The summed E-state index contributed by atoms with van der Waals surface area (Å²) in [6, 6.07) is 0. The van der Waals surface area contributed by atoms with Crippen molar-refractivity contribution < 1.29 is 4.79 Å². The van der Waals surface area contributed by atoms with Crippen LogP contribution in [0.1, 0.15) is 39.5 Å². The molecule has 0 spiro atoms. The molecule has 1 fully saturated rings. The monoisotopic (exact) mass is 262 g/mol. The first-order valence-electron chi connectivity index (χ1n) is 6.66. The van der Waals surface area contributed by atoms with Crippen LogP contribution in [0.15, 0.2) is 0 Å². The van der Waals surface area contributed by atoms with Gasteiger partial charge in [-0.3, -0.25) is 4.79 Å². The van der Waals surface area contributed by atoms with Crippen molar-refractivity contribution in [1.29, 1.82) is 0 Å². The van der Waals surface area contributed by atoms with Crippen LogP contribution in [0.3, 0.4) is 0 Å². The van der Waals surface area contributed by atoms with E-state index in [9.17, 15) is 4.79 Å². The van der Waals surface area contributed by atoms with Crippen LogP contribution < -0.4 is 5.32 Å². The van der Waals surface area contributed by atoms with Crippen LogP contribution in [0.4, 0.5) is 0 Å². The number of likely N-dealkylation sites (tertiary alicyclic amines) is 1. The highest BCUT2D eigenvalue weighted by atomic mass is 35.5. The third-order valence-electron chi connectivity index (χ3n) is 3.75. The molecule has 0 aromatic rings. The molecular formula is C13H27ClN2O. The molecule has 17 heavy (non-hydrogen) atoms. The number of carbonyl (C=O) groups is 1. The predicted molar refractivity (Wildman–Crippen MR) is 74.6 cm³/mol. The van der Waals surface area contributed by atoms with Crippen LogP contribution in [0, 0.1) is 11.8 Å². The van der Waals surface area contributed by atoms with Gasteiger partial charge in [-0.1, -0.05) is 13.8 Å². The lowest BCUT2D eigenvalue weighted by Crippen LogP contribution is -2.43. The first-order valence-corrected chi connectivity index (χ1v) is 6.66. The fourth-order valence-electron chi connectivity index (χ4n) is 2.54. The minimum absolute atomic E-state index is 0. The smallest absolute Gasteiger partial charge is 0.225 e. The molecule has 1 N–H and O–H groups in total. The molecule has 0 aromatic carbocycles. The fraction of sp³-hybridized carbons (Fsp3) is 0.923. The maximum Gasteiger partial charge on any atom is 0.225 e. The van der Waals surface area contributed by atoms with Gasteiger partial charge in [0.05, 0.1) is 0 Å². The maximum absolute atomic E-state index is 12.1. The number of carbonyl (C=O) groups excluding carboxylic acids is 1. The zero-order valence-electron chi connectivity index (χ0n) is 11.4. The summed E-state index contributed by atoms with van der Waals surface area (Å²) in [7, 11) is 2.00. The van der Waals surface area contributed by atoms with Crippen LogP contribution in [0.5, 0.6) is 0 Å². The Morgan fingerprint density at radius 1 is 1.29 bits per heavy atom. The lowest BCUT2D eigenvalue weighted by atomic mass is 9.94. The van der Waals surface area contributed by atoms with Crippen LogP contribution in [-0.2, 0) is 4.79 Å². The molecule has 1 saturated heterocycles. The van der Waals surface area contributed by atoms with Crippen LogP contribution >= 0.6 is 12.4 Å². The number of nitrogens with zero attached hydrogens (tertiary/aromatic N) is 1. The van der Waals surface area contributed by atoms with Crippen molar-refractivity contribution in [2.45, 2.75) is 39.5 Å². The first kappa shape index (κ1) is 16.7. The summed E-state index contributed by atoms with van der Waals surface area (Å²) < 4.78 is 0. The van der Waals surface area contributed by atoms with E-state index in [-0.39, 0.29) is 18.3 Å². The summed E-state index contributed by atoms with van der Waals surface area (Å²) in [4.78, 5) is 14.2. The quantitative estimate of drug-likeness (QED) is 0.825. The molecule has 0 bridgehead atoms. The molecule has 1 aliphatic rings. The van der Waals surface area contributed by atoms with Gasteiger partial charge >= 0.3 is 0 Å². The number of hydrogen-bond acceptors (Lipinski definition) is 2. The highest BCUT2D eigenvalue weighted by Gasteiger charge is 2.25. The standard InChI is InChI=1S/C13H26N2O.ClH/c1-4-12(5-2)13(16)15-8-6-11(7-9-15)10-14-3;/h11-12,14H,4-10H2,1-3H3;1H. The highest BCUT2D eigenvalue weighted by Crippen LogP contribution is 2.20. The molecule has 1 heterocycles. The molecule has 0 aliphatic carbocycles. The molecule has 0 aromatic heterocycles. The lowest BCUT2D eigenvalue weighted by molar-refractivity contribution is -0.137. The minimum Gasteiger partial charge on any atom is -0.342 e. The lowest BCUT2D eigenvalue weighted by Gasteiger charge is -2.34. The number of amides is 1. The molecular weight excluding hydrogens is 236 g/mol. The van der Waals surface area contributed by atoms with E-state index in [1.54, 1.807) is 0 Å². The molecule has 4 heteroatoms. The first-order chi connectivity index (χ1) is 7.72. The summed E-state index contributed by atoms with van der Waals surface area (Å²) in [5.41, 5.74) is 0. The van der Waals surface area contributed by atoms with Crippen LogP contribution in [0.25, 0.3) is 0 Å². The second-order valence-corrected chi connectivity index (χ2v) is 4.84. The molecule has 0 radical (unpaired) electrons. The number of halogens is 1. The summed E-state index contributed by atoms with van der Waals surface area (Å²) >= 11 is 0. The van der Waals surface area contributed by atoms with E-state index in [1.807, 2.05) is 7.05 Å². The molecule has 1 aliphatic heterocycles. The highest BCUT2D eigenvalue weighted by molar-refractivity contribution is 5.85. The Bertz CT molecular complexity index is 211. The number of nitrogens with one attached hydrogen (secondary N) is 1. The Morgan fingerprint density at radius 3 is 2.24 bits per heavy atom. The second kappa shape index (κ2) is 8.76. The SMILES string of the molecule is CCC(CC)C(=O)N1CCC(CNC)CC1.Cl. The van der Waals surface area contributed by atoms with E-state index < -0.39 is 0 Å². The van der Waals surface area contributed by atoms with E-state index in [0.29, 0.717) is 5.91 Å². The van der Waals surface area contributed by atoms with E-state index in [4.69, 9.17) is 0 Å². The predicted octanol–water partition coefficient (Wildman–Crippen LogP) is 2.30. The summed E-state index contributed by atoms with van der Waals surface area (Å²) in [6.45, 7) is 7.23. The van der Waals surface area contributed by atoms with Crippen molar-refractivity contribution in [1.82, 2.24) is 10.2 Å². The number of piperidine rings is 1. The van der Waals surface area contributed by atoms with Gasteiger partial charge in [0.15, 0.2) is 0 Å². The largest absolute Gasteiger partial charge is 0.342 e. The summed E-state index contributed by atoms with van der Waals surface area (Å²) in [6.07, 6.45) is 4.27. The third-order valence-corrected chi connectivity index (χ3v) is 3.75. The molecule has 3 nitrogen and oxygen atoms in total. The minimum atomic E-state index is 0. The van der Waals surface area contributed by atoms with Gasteiger partial charge < -0.3 is 10.2 Å². The molecule has 0 saturated carbocycles. The molecule has 0 unspecified atom stereocenters. The van der Waals surface area contributed by atoms with Crippen molar-refractivity contribution in [3.05, 3.63) is 0 Å². The van der Waals surface area contributed by atoms with E-state index >= 15 is 0 Å². The Morgan fingerprint density at radius 2 is 1.82 bits per heavy atom. The molecule has 1 rings (SSSR count). The van der Waals surface area contributed by atoms with Crippen molar-refractivity contribution in [3.8, 4) is 0 Å². The van der Waals surface area contributed by atoms with E-state index in [2.05, 4.69) is 24.1 Å². The number of hydrogen-bond donors (Lipinski definition) is 1. The topological polar surface area (TPSA) is 32.3 Å². The van der Waals surface area contributed by atoms with Crippen molar-refractivity contribution in [2.75, 3.05) is 26.7 Å². The maximum atomic E-state index is 12.1. The van der Waals surface area contributed by atoms with Gasteiger partial charge in [0.25, 0.3) is 0 Å². The normalized spacial score (nSPS) is 17.1. The fourth-order valence-corrected chi connectivity index (χ4v) is 2.54. The van der Waals surface area contributed by atoms with Gasteiger partial charge in [-0.25, -0.2) is 0 Å². The zero-order valence-corrected chi connectivity index (χ0v) is 12.2. The Balaban J connectivity index is 0.00000256. The van der Waals surface area contributed by atoms with Crippen molar-refractivity contribution in [3.63, 3.8) is 0 Å². The zero-order chi connectivity index (χ0) is 12.0. The van der Waals surface area contributed by atoms with Crippen LogP contribution in [0.2, 0.25) is 0 Å². The summed E-state index contributed by atoms with van der Waals surface area (Å²) in [5, 5.41) is 3.22. The van der Waals surface area contributed by atoms with Gasteiger partial charge in [-0.15, -0.1) is 12.4 Å². The van der Waals surface area contributed by atoms with Gasteiger partial charge in [0, 0.05) is 19.0 Å². The average molecular weight is 263 g/mol. The Kier molecular flexibility index (Phi) is 8.61.